The van der Waals surface area contributed by atoms with Gasteiger partial charge < -0.3 is 14.8 Å². The molecule has 5 heteroatoms. The van der Waals surface area contributed by atoms with E-state index in [-0.39, 0.29) is 6.61 Å². The second-order valence-electron chi connectivity index (χ2n) is 4.01. The summed E-state index contributed by atoms with van der Waals surface area (Å²) in [6.07, 6.45) is 3.29. The Labute approximate surface area is 110 Å². The Balaban J connectivity index is 2.20. The molecule has 1 unspecified atom stereocenters. The molecule has 0 saturated heterocycles. The number of benzene rings is 1. The highest BCUT2D eigenvalue weighted by Crippen LogP contribution is 2.22. The van der Waals surface area contributed by atoms with Gasteiger partial charge in [-0.2, -0.15) is 0 Å². The SMILES string of the molecule is OCCCn1ccnc1C(O)c1ccc(Cl)cc1. The molecule has 0 aliphatic rings. The number of aromatic nitrogens is 2. The summed E-state index contributed by atoms with van der Waals surface area (Å²) in [5.41, 5.74) is 0.746. The molecule has 0 aliphatic carbocycles. The minimum absolute atomic E-state index is 0.120. The van der Waals surface area contributed by atoms with Crippen LogP contribution in [0.15, 0.2) is 36.7 Å². The van der Waals surface area contributed by atoms with Crippen LogP contribution in [0.1, 0.15) is 23.9 Å². The van der Waals surface area contributed by atoms with Gasteiger partial charge in [0.2, 0.25) is 0 Å². The molecule has 0 saturated carbocycles. The molecule has 0 amide bonds. The Hall–Kier alpha value is -1.36. The van der Waals surface area contributed by atoms with Crippen LogP contribution in [0.4, 0.5) is 0 Å². The van der Waals surface area contributed by atoms with E-state index < -0.39 is 6.10 Å². The van der Waals surface area contributed by atoms with Crippen molar-refractivity contribution in [2.45, 2.75) is 19.1 Å². The summed E-state index contributed by atoms with van der Waals surface area (Å²) in [6.45, 7) is 0.755. The van der Waals surface area contributed by atoms with Crippen molar-refractivity contribution in [1.29, 1.82) is 0 Å². The van der Waals surface area contributed by atoms with Crippen LogP contribution in [0.25, 0.3) is 0 Å². The van der Waals surface area contributed by atoms with Crippen LogP contribution in [0, 0.1) is 0 Å². The lowest BCUT2D eigenvalue weighted by molar-refractivity contribution is 0.202. The molecule has 0 radical (unpaired) electrons. The predicted octanol–water partition coefficient (Wildman–Crippen LogP) is 2.00. The molecule has 1 aromatic carbocycles. The maximum Gasteiger partial charge on any atom is 0.142 e. The van der Waals surface area contributed by atoms with Gasteiger partial charge in [-0.05, 0) is 24.1 Å². The van der Waals surface area contributed by atoms with E-state index in [0.717, 1.165) is 5.56 Å². The summed E-state index contributed by atoms with van der Waals surface area (Å²) in [7, 11) is 0. The predicted molar refractivity (Wildman–Crippen MR) is 69.4 cm³/mol. The molecule has 0 aliphatic heterocycles. The van der Waals surface area contributed by atoms with E-state index >= 15 is 0 Å². The summed E-state index contributed by atoms with van der Waals surface area (Å²) < 4.78 is 1.84. The third kappa shape index (κ3) is 2.90. The zero-order valence-corrected chi connectivity index (χ0v) is 10.6. The van der Waals surface area contributed by atoms with Gasteiger partial charge in [0.15, 0.2) is 0 Å². The number of rotatable bonds is 5. The van der Waals surface area contributed by atoms with Crippen LogP contribution in [-0.4, -0.2) is 26.4 Å². The number of aliphatic hydroxyl groups is 2. The highest BCUT2D eigenvalue weighted by Gasteiger charge is 2.15. The summed E-state index contributed by atoms with van der Waals surface area (Å²) in [4.78, 5) is 4.17. The number of hydrogen-bond acceptors (Lipinski definition) is 3. The monoisotopic (exact) mass is 266 g/mol. The molecule has 0 fully saturated rings. The maximum absolute atomic E-state index is 10.3. The highest BCUT2D eigenvalue weighted by atomic mass is 35.5. The third-order valence-electron chi connectivity index (χ3n) is 2.74. The van der Waals surface area contributed by atoms with Crippen molar-refractivity contribution in [2.24, 2.45) is 0 Å². The van der Waals surface area contributed by atoms with E-state index in [2.05, 4.69) is 4.98 Å². The molecule has 1 atom stereocenters. The molecule has 96 valence electrons. The van der Waals surface area contributed by atoms with Gasteiger partial charge in [-0.15, -0.1) is 0 Å². The highest BCUT2D eigenvalue weighted by molar-refractivity contribution is 6.30. The van der Waals surface area contributed by atoms with Crippen LogP contribution in [0.3, 0.4) is 0 Å². The topological polar surface area (TPSA) is 58.3 Å². The zero-order chi connectivity index (χ0) is 13.0. The van der Waals surface area contributed by atoms with Gasteiger partial charge in [-0.25, -0.2) is 4.98 Å². The second kappa shape index (κ2) is 6.00. The van der Waals surface area contributed by atoms with Gasteiger partial charge in [0.05, 0.1) is 0 Å². The number of halogens is 1. The summed E-state index contributed by atoms with van der Waals surface area (Å²) in [6, 6.07) is 7.03. The number of imidazole rings is 1. The Morgan fingerprint density at radius 2 is 2.00 bits per heavy atom. The molecular weight excluding hydrogens is 252 g/mol. The van der Waals surface area contributed by atoms with Crippen LogP contribution >= 0.6 is 11.6 Å². The summed E-state index contributed by atoms with van der Waals surface area (Å²) in [5.74, 6) is 0.575. The molecule has 2 rings (SSSR count). The van der Waals surface area contributed by atoms with Crippen molar-refractivity contribution in [3.8, 4) is 0 Å². The molecule has 4 nitrogen and oxygen atoms in total. The van der Waals surface area contributed by atoms with E-state index in [1.807, 2.05) is 4.57 Å². The molecule has 18 heavy (non-hydrogen) atoms. The Bertz CT molecular complexity index is 496. The fourth-order valence-electron chi connectivity index (χ4n) is 1.79. The Kier molecular flexibility index (Phi) is 4.36. The average Bonchev–Trinajstić information content (AvgIpc) is 2.84. The molecule has 2 aromatic rings. The van der Waals surface area contributed by atoms with Gasteiger partial charge in [-0.3, -0.25) is 0 Å². The first-order valence-corrected chi connectivity index (χ1v) is 6.15. The van der Waals surface area contributed by atoms with Crippen LogP contribution in [-0.2, 0) is 6.54 Å². The normalized spacial score (nSPS) is 12.6. The standard InChI is InChI=1S/C13H15ClN2O2/c14-11-4-2-10(3-5-11)12(18)13-15-6-8-16(13)7-1-9-17/h2-6,8,12,17-18H,1,7,9H2. The van der Waals surface area contributed by atoms with Crippen molar-refractivity contribution >= 4 is 11.6 Å². The molecule has 1 aromatic heterocycles. The average molecular weight is 267 g/mol. The first-order valence-electron chi connectivity index (χ1n) is 5.78. The number of hydrogen-bond donors (Lipinski definition) is 2. The van der Waals surface area contributed by atoms with Gasteiger partial charge in [-0.1, -0.05) is 23.7 Å². The first-order chi connectivity index (χ1) is 8.72. The van der Waals surface area contributed by atoms with Gasteiger partial charge in [0.25, 0.3) is 0 Å². The summed E-state index contributed by atoms with van der Waals surface area (Å²) >= 11 is 5.81. The minimum Gasteiger partial charge on any atom is -0.396 e. The van der Waals surface area contributed by atoms with Crippen LogP contribution in [0.5, 0.6) is 0 Å². The summed E-state index contributed by atoms with van der Waals surface area (Å²) in [5, 5.41) is 19.7. The molecule has 1 heterocycles. The number of aliphatic hydroxyl groups excluding tert-OH is 2. The van der Waals surface area contributed by atoms with Crippen molar-refractivity contribution in [1.82, 2.24) is 9.55 Å². The Morgan fingerprint density at radius 3 is 2.67 bits per heavy atom. The van der Waals surface area contributed by atoms with E-state index in [1.165, 1.54) is 0 Å². The van der Waals surface area contributed by atoms with Crippen LogP contribution < -0.4 is 0 Å². The molecule has 2 N–H and O–H groups in total. The third-order valence-corrected chi connectivity index (χ3v) is 2.99. The first kappa shape index (κ1) is 13.1. The van der Waals surface area contributed by atoms with Gasteiger partial charge in [0, 0.05) is 30.6 Å². The second-order valence-corrected chi connectivity index (χ2v) is 4.45. The minimum atomic E-state index is -0.782. The zero-order valence-electron chi connectivity index (χ0n) is 9.83. The molecular formula is C13H15ClN2O2. The van der Waals surface area contributed by atoms with Gasteiger partial charge >= 0.3 is 0 Å². The maximum atomic E-state index is 10.3. The lowest BCUT2D eigenvalue weighted by Crippen LogP contribution is -2.10. The van der Waals surface area contributed by atoms with Crippen LogP contribution in [0.2, 0.25) is 5.02 Å². The van der Waals surface area contributed by atoms with E-state index in [9.17, 15) is 5.11 Å². The van der Waals surface area contributed by atoms with Crippen molar-refractivity contribution < 1.29 is 10.2 Å². The van der Waals surface area contributed by atoms with E-state index in [4.69, 9.17) is 16.7 Å². The van der Waals surface area contributed by atoms with E-state index in [1.54, 1.807) is 36.7 Å². The van der Waals surface area contributed by atoms with Crippen molar-refractivity contribution in [3.63, 3.8) is 0 Å². The fourth-order valence-corrected chi connectivity index (χ4v) is 1.92. The Morgan fingerprint density at radius 1 is 1.28 bits per heavy atom. The largest absolute Gasteiger partial charge is 0.396 e. The number of nitrogens with zero attached hydrogens (tertiary/aromatic N) is 2. The molecule has 0 bridgehead atoms. The fraction of sp³-hybridized carbons (Fsp3) is 0.308. The quantitative estimate of drug-likeness (QED) is 0.870. The lowest BCUT2D eigenvalue weighted by Gasteiger charge is -2.13. The smallest absolute Gasteiger partial charge is 0.142 e. The van der Waals surface area contributed by atoms with Crippen molar-refractivity contribution in [2.75, 3.05) is 6.61 Å². The van der Waals surface area contributed by atoms with Crippen molar-refractivity contribution in [3.05, 3.63) is 53.1 Å². The lowest BCUT2D eigenvalue weighted by atomic mass is 10.1. The molecule has 0 spiro atoms. The number of aryl methyl sites for hydroxylation is 1. The van der Waals surface area contributed by atoms with E-state index in [0.29, 0.717) is 23.8 Å². The van der Waals surface area contributed by atoms with Gasteiger partial charge in [0.1, 0.15) is 11.9 Å².